The maximum absolute atomic E-state index is 13.7. The van der Waals surface area contributed by atoms with Crippen molar-refractivity contribution in [2.45, 2.75) is 6.18 Å². The third-order valence-corrected chi connectivity index (χ3v) is 4.00. The topological polar surface area (TPSA) is 58.2 Å². The quantitative estimate of drug-likeness (QED) is 0.549. The number of anilines is 2. The van der Waals surface area contributed by atoms with Gasteiger partial charge in [0.1, 0.15) is 11.6 Å². The highest BCUT2D eigenvalue weighted by Gasteiger charge is 2.30. The van der Waals surface area contributed by atoms with Crippen LogP contribution in [0.2, 0.25) is 0 Å². The van der Waals surface area contributed by atoms with E-state index in [1.165, 1.54) is 30.3 Å². The van der Waals surface area contributed by atoms with Gasteiger partial charge in [0.2, 0.25) is 0 Å². The highest BCUT2D eigenvalue weighted by atomic mass is 19.4. The van der Waals surface area contributed by atoms with Crippen LogP contribution in [0, 0.1) is 11.6 Å². The van der Waals surface area contributed by atoms with E-state index in [2.05, 4.69) is 10.6 Å². The van der Waals surface area contributed by atoms with E-state index in [1.807, 2.05) is 0 Å². The average Bonchev–Trinajstić information content (AvgIpc) is 2.69. The molecule has 0 radical (unpaired) electrons. The Morgan fingerprint density at radius 2 is 1.37 bits per heavy atom. The summed E-state index contributed by atoms with van der Waals surface area (Å²) in [5, 5.41) is 4.68. The van der Waals surface area contributed by atoms with Crippen molar-refractivity contribution < 1.29 is 31.5 Å². The number of rotatable bonds is 4. The molecule has 2 amide bonds. The lowest BCUT2D eigenvalue weighted by Gasteiger charge is -2.11. The molecule has 0 aliphatic heterocycles. The Balaban J connectivity index is 1.76. The second-order valence-corrected chi connectivity index (χ2v) is 6.19. The van der Waals surface area contributed by atoms with Crippen molar-refractivity contribution in [2.75, 3.05) is 10.6 Å². The number of carbonyl (C=O) groups is 2. The monoisotopic (exact) mass is 420 g/mol. The van der Waals surface area contributed by atoms with E-state index in [0.29, 0.717) is 0 Å². The van der Waals surface area contributed by atoms with E-state index in [-0.39, 0.29) is 16.9 Å². The second-order valence-electron chi connectivity index (χ2n) is 6.19. The molecule has 2 N–H and O–H groups in total. The third kappa shape index (κ3) is 4.99. The van der Waals surface area contributed by atoms with Crippen molar-refractivity contribution in [3.63, 3.8) is 0 Å². The molecule has 154 valence electrons. The molecule has 0 atom stereocenters. The van der Waals surface area contributed by atoms with Gasteiger partial charge in [-0.1, -0.05) is 12.1 Å². The van der Waals surface area contributed by atoms with Crippen LogP contribution < -0.4 is 10.6 Å². The van der Waals surface area contributed by atoms with Crippen molar-refractivity contribution in [2.24, 2.45) is 0 Å². The summed E-state index contributed by atoms with van der Waals surface area (Å²) in [6.07, 6.45) is -4.56. The minimum absolute atomic E-state index is 0.0323. The first-order chi connectivity index (χ1) is 14.1. The van der Waals surface area contributed by atoms with Gasteiger partial charge in [-0.3, -0.25) is 9.59 Å². The van der Waals surface area contributed by atoms with Crippen molar-refractivity contribution in [1.29, 1.82) is 0 Å². The highest BCUT2D eigenvalue weighted by molar-refractivity contribution is 6.07. The molecule has 30 heavy (non-hydrogen) atoms. The van der Waals surface area contributed by atoms with Gasteiger partial charge in [0.25, 0.3) is 11.8 Å². The number of hydrogen-bond acceptors (Lipinski definition) is 2. The van der Waals surface area contributed by atoms with Crippen molar-refractivity contribution in [3.8, 4) is 0 Å². The first-order valence-electron chi connectivity index (χ1n) is 8.48. The first kappa shape index (κ1) is 21.0. The van der Waals surface area contributed by atoms with Gasteiger partial charge in [-0.2, -0.15) is 13.2 Å². The fraction of sp³-hybridized carbons (Fsp3) is 0.0476. The predicted molar refractivity (Wildman–Crippen MR) is 100 cm³/mol. The SMILES string of the molecule is O=C(Nc1cccc(C(F)(F)F)c1)c1cccc(NC(=O)c2cc(F)ccc2F)c1. The molecule has 0 heterocycles. The molecule has 0 bridgehead atoms. The van der Waals surface area contributed by atoms with E-state index in [1.54, 1.807) is 0 Å². The van der Waals surface area contributed by atoms with Crippen LogP contribution in [0.4, 0.5) is 33.3 Å². The van der Waals surface area contributed by atoms with Crippen molar-refractivity contribution in [1.82, 2.24) is 0 Å². The summed E-state index contributed by atoms with van der Waals surface area (Å²) in [6.45, 7) is 0. The lowest BCUT2D eigenvalue weighted by Crippen LogP contribution is -2.16. The van der Waals surface area contributed by atoms with Crippen molar-refractivity contribution in [3.05, 3.63) is 95.1 Å². The molecule has 0 unspecified atom stereocenters. The van der Waals surface area contributed by atoms with Gasteiger partial charge in [-0.05, 0) is 54.6 Å². The molecule has 0 saturated carbocycles. The molecule has 0 aliphatic rings. The predicted octanol–water partition coefficient (Wildman–Crippen LogP) is 5.49. The molecular weight excluding hydrogens is 407 g/mol. The third-order valence-electron chi connectivity index (χ3n) is 4.00. The minimum Gasteiger partial charge on any atom is -0.322 e. The second kappa shape index (κ2) is 8.32. The summed E-state index contributed by atoms with van der Waals surface area (Å²) in [4.78, 5) is 24.5. The summed E-state index contributed by atoms with van der Waals surface area (Å²) in [7, 11) is 0. The van der Waals surface area contributed by atoms with Crippen LogP contribution in [-0.4, -0.2) is 11.8 Å². The largest absolute Gasteiger partial charge is 0.416 e. The summed E-state index contributed by atoms with van der Waals surface area (Å²) < 4.78 is 65.4. The molecule has 3 aromatic carbocycles. The van der Waals surface area contributed by atoms with E-state index < -0.39 is 40.8 Å². The Kier molecular flexibility index (Phi) is 5.81. The number of benzene rings is 3. The summed E-state index contributed by atoms with van der Waals surface area (Å²) in [5.74, 6) is -3.37. The fourth-order valence-corrected chi connectivity index (χ4v) is 2.58. The van der Waals surface area contributed by atoms with Gasteiger partial charge >= 0.3 is 6.18 Å². The van der Waals surface area contributed by atoms with Crippen LogP contribution in [0.5, 0.6) is 0 Å². The number of hydrogen-bond donors (Lipinski definition) is 2. The van der Waals surface area contributed by atoms with Crippen LogP contribution in [-0.2, 0) is 6.18 Å². The Morgan fingerprint density at radius 1 is 0.733 bits per heavy atom. The Morgan fingerprint density at radius 3 is 2.07 bits per heavy atom. The van der Waals surface area contributed by atoms with E-state index in [9.17, 15) is 31.5 Å². The van der Waals surface area contributed by atoms with Crippen LogP contribution in [0.15, 0.2) is 66.7 Å². The Labute approximate surface area is 167 Å². The summed E-state index contributed by atoms with van der Waals surface area (Å²) >= 11 is 0. The zero-order chi connectivity index (χ0) is 21.9. The lowest BCUT2D eigenvalue weighted by molar-refractivity contribution is -0.137. The zero-order valence-corrected chi connectivity index (χ0v) is 15.1. The molecule has 0 saturated heterocycles. The van der Waals surface area contributed by atoms with Crippen LogP contribution in [0.25, 0.3) is 0 Å². The maximum Gasteiger partial charge on any atom is 0.416 e. The van der Waals surface area contributed by atoms with Gasteiger partial charge < -0.3 is 10.6 Å². The van der Waals surface area contributed by atoms with Crippen LogP contribution in [0.3, 0.4) is 0 Å². The molecule has 0 fully saturated rings. The van der Waals surface area contributed by atoms with Gasteiger partial charge in [0, 0.05) is 16.9 Å². The maximum atomic E-state index is 13.7. The van der Waals surface area contributed by atoms with E-state index in [0.717, 1.165) is 36.4 Å². The van der Waals surface area contributed by atoms with Crippen LogP contribution in [0.1, 0.15) is 26.3 Å². The van der Waals surface area contributed by atoms with Crippen LogP contribution >= 0.6 is 0 Å². The van der Waals surface area contributed by atoms with Gasteiger partial charge in [0.15, 0.2) is 0 Å². The molecule has 4 nitrogen and oxygen atoms in total. The molecule has 0 spiro atoms. The summed E-state index contributed by atoms with van der Waals surface area (Å²) in [5.41, 5.74) is -1.36. The lowest BCUT2D eigenvalue weighted by atomic mass is 10.1. The molecule has 0 aliphatic carbocycles. The smallest absolute Gasteiger partial charge is 0.322 e. The molecule has 3 rings (SSSR count). The molecule has 3 aromatic rings. The van der Waals surface area contributed by atoms with E-state index in [4.69, 9.17) is 0 Å². The van der Waals surface area contributed by atoms with Crippen molar-refractivity contribution >= 4 is 23.2 Å². The number of amides is 2. The number of halogens is 5. The number of alkyl halides is 3. The van der Waals surface area contributed by atoms with Gasteiger partial charge in [-0.25, -0.2) is 8.78 Å². The van der Waals surface area contributed by atoms with E-state index >= 15 is 0 Å². The first-order valence-corrected chi connectivity index (χ1v) is 8.48. The Bertz CT molecular complexity index is 1110. The minimum atomic E-state index is -4.56. The van der Waals surface area contributed by atoms with Gasteiger partial charge in [0.05, 0.1) is 11.1 Å². The fourth-order valence-electron chi connectivity index (χ4n) is 2.58. The summed E-state index contributed by atoms with van der Waals surface area (Å²) in [6, 6.07) is 12.0. The Hall–Kier alpha value is -3.75. The zero-order valence-electron chi connectivity index (χ0n) is 15.1. The van der Waals surface area contributed by atoms with Gasteiger partial charge in [-0.15, -0.1) is 0 Å². The normalized spacial score (nSPS) is 11.1. The number of carbonyl (C=O) groups excluding carboxylic acids is 2. The molecular formula is C21H13F5N2O2. The average molecular weight is 420 g/mol. The number of nitrogens with one attached hydrogen (secondary N) is 2. The highest BCUT2D eigenvalue weighted by Crippen LogP contribution is 2.30. The molecule has 0 aromatic heterocycles. The molecule has 9 heteroatoms. The standard InChI is InChI=1S/C21H13F5N2O2/c22-14-7-8-18(23)17(11-14)20(30)28-15-5-1-3-12(9-15)19(29)27-16-6-2-4-13(10-16)21(24,25)26/h1-11H,(H,27,29)(H,28,30).